The molecule has 6 nitrogen and oxygen atoms in total. The summed E-state index contributed by atoms with van der Waals surface area (Å²) in [6.07, 6.45) is 4.00. The van der Waals surface area contributed by atoms with E-state index in [2.05, 4.69) is 15.6 Å². The van der Waals surface area contributed by atoms with Gasteiger partial charge < -0.3 is 10.6 Å². The maximum atomic E-state index is 12.1. The number of amides is 1. The summed E-state index contributed by atoms with van der Waals surface area (Å²) in [6.45, 7) is 4.64. The number of carbonyl (C=O) groups excluding carboxylic acids is 1. The lowest BCUT2D eigenvalue weighted by molar-refractivity contribution is -0.116. The molecule has 2 heterocycles. The number of rotatable bonds is 7. The van der Waals surface area contributed by atoms with Crippen molar-refractivity contribution in [3.8, 4) is 11.4 Å². The van der Waals surface area contributed by atoms with Gasteiger partial charge in [-0.25, -0.2) is 9.97 Å². The molecule has 4 aromatic rings. The van der Waals surface area contributed by atoms with Crippen molar-refractivity contribution in [3.63, 3.8) is 0 Å². The van der Waals surface area contributed by atoms with Gasteiger partial charge in [0.15, 0.2) is 5.82 Å². The molecule has 0 saturated heterocycles. The van der Waals surface area contributed by atoms with Crippen molar-refractivity contribution in [2.24, 2.45) is 5.92 Å². The first-order valence-electron chi connectivity index (χ1n) is 10.4. The molecule has 1 amide bonds. The van der Waals surface area contributed by atoms with Crippen LogP contribution in [0.3, 0.4) is 0 Å². The van der Waals surface area contributed by atoms with Crippen LogP contribution in [0.5, 0.6) is 0 Å². The van der Waals surface area contributed by atoms with E-state index in [1.54, 1.807) is 12.4 Å². The van der Waals surface area contributed by atoms with E-state index >= 15 is 0 Å². The van der Waals surface area contributed by atoms with Gasteiger partial charge in [-0.1, -0.05) is 38.1 Å². The van der Waals surface area contributed by atoms with E-state index in [0.717, 1.165) is 33.5 Å². The first-order chi connectivity index (χ1) is 15.1. The van der Waals surface area contributed by atoms with E-state index in [1.165, 1.54) is 0 Å². The Morgan fingerprint density at radius 2 is 1.87 bits per heavy atom. The van der Waals surface area contributed by atoms with E-state index in [1.807, 2.05) is 74.5 Å². The highest BCUT2D eigenvalue weighted by Gasteiger charge is 2.10. The molecule has 0 fully saturated rings. The summed E-state index contributed by atoms with van der Waals surface area (Å²) < 4.78 is 0. The van der Waals surface area contributed by atoms with Gasteiger partial charge in [0.2, 0.25) is 5.91 Å². The van der Waals surface area contributed by atoms with Crippen molar-refractivity contribution in [1.29, 1.82) is 0 Å². The molecular weight excluding hydrogens is 386 g/mol. The lowest BCUT2D eigenvalue weighted by Crippen LogP contribution is -2.14. The third-order valence-electron chi connectivity index (χ3n) is 4.79. The number of aromatic nitrogens is 3. The van der Waals surface area contributed by atoms with Gasteiger partial charge >= 0.3 is 0 Å². The molecule has 0 unspecified atom stereocenters. The van der Waals surface area contributed by atoms with Gasteiger partial charge in [-0.05, 0) is 47.9 Å². The Morgan fingerprint density at radius 3 is 2.68 bits per heavy atom. The van der Waals surface area contributed by atoms with Crippen LogP contribution in [0.25, 0.3) is 22.3 Å². The number of nitrogens with one attached hydrogen (secondary N) is 2. The Balaban J connectivity index is 1.56. The first kappa shape index (κ1) is 20.5. The average Bonchev–Trinajstić information content (AvgIpc) is 2.77. The molecule has 6 heteroatoms. The third-order valence-corrected chi connectivity index (χ3v) is 4.79. The highest BCUT2D eigenvalue weighted by Crippen LogP contribution is 2.25. The molecule has 2 aromatic carbocycles. The van der Waals surface area contributed by atoms with Crippen LogP contribution in [0.1, 0.15) is 25.8 Å². The minimum Gasteiger partial charge on any atom is -0.365 e. The summed E-state index contributed by atoms with van der Waals surface area (Å²) in [6, 6.07) is 19.6. The second-order valence-electron chi connectivity index (χ2n) is 7.85. The number of hydrogen-bond donors (Lipinski definition) is 2. The zero-order valence-corrected chi connectivity index (χ0v) is 17.7. The first-order valence-corrected chi connectivity index (χ1v) is 10.4. The highest BCUT2D eigenvalue weighted by molar-refractivity contribution is 5.91. The minimum atomic E-state index is 0.0306. The van der Waals surface area contributed by atoms with Crippen molar-refractivity contribution in [2.75, 3.05) is 10.6 Å². The molecule has 0 aliphatic carbocycles. The molecule has 0 radical (unpaired) electrons. The quantitative estimate of drug-likeness (QED) is 0.432. The van der Waals surface area contributed by atoms with Crippen molar-refractivity contribution in [1.82, 2.24) is 15.0 Å². The monoisotopic (exact) mass is 411 g/mol. The smallest absolute Gasteiger partial charge is 0.224 e. The molecule has 0 aliphatic heterocycles. The number of pyridine rings is 1. The van der Waals surface area contributed by atoms with Gasteiger partial charge in [-0.15, -0.1) is 0 Å². The predicted molar refractivity (Wildman–Crippen MR) is 125 cm³/mol. The van der Waals surface area contributed by atoms with Crippen molar-refractivity contribution >= 4 is 28.3 Å². The normalized spacial score (nSPS) is 10.9. The Labute approximate surface area is 181 Å². The molecule has 0 bridgehead atoms. The summed E-state index contributed by atoms with van der Waals surface area (Å²) in [5.41, 5.74) is 3.58. The number of fused-ring (bicyclic) bond motifs is 1. The molecule has 156 valence electrons. The number of carbonyl (C=O) groups is 1. The summed E-state index contributed by atoms with van der Waals surface area (Å²) in [4.78, 5) is 25.7. The zero-order valence-electron chi connectivity index (χ0n) is 17.7. The van der Waals surface area contributed by atoms with E-state index in [4.69, 9.17) is 9.97 Å². The lowest BCUT2D eigenvalue weighted by Gasteiger charge is -2.12. The standard InChI is InChI=1S/C25H25N5O/c1-17(2)13-23(31)28-20-9-5-7-18(14-20)15-27-25-21-10-3-4-11-22(21)29-24(30-25)19-8-6-12-26-16-19/h3-12,14,16-17H,13,15H2,1-2H3,(H,28,31)(H,27,29,30). The van der Waals surface area contributed by atoms with Gasteiger partial charge in [0.25, 0.3) is 0 Å². The maximum Gasteiger partial charge on any atom is 0.224 e. The van der Waals surface area contributed by atoms with Crippen LogP contribution in [0.15, 0.2) is 73.1 Å². The van der Waals surface area contributed by atoms with Crippen molar-refractivity contribution < 1.29 is 4.79 Å². The van der Waals surface area contributed by atoms with Gasteiger partial charge in [0.05, 0.1) is 5.52 Å². The third kappa shape index (κ3) is 5.22. The highest BCUT2D eigenvalue weighted by atomic mass is 16.1. The van der Waals surface area contributed by atoms with Crippen LogP contribution >= 0.6 is 0 Å². The fourth-order valence-electron chi connectivity index (χ4n) is 3.36. The van der Waals surface area contributed by atoms with E-state index < -0.39 is 0 Å². The molecule has 0 atom stereocenters. The largest absolute Gasteiger partial charge is 0.365 e. The fraction of sp³-hybridized carbons (Fsp3) is 0.200. The summed E-state index contributed by atoms with van der Waals surface area (Å²) in [7, 11) is 0. The van der Waals surface area contributed by atoms with Crippen LogP contribution in [0.4, 0.5) is 11.5 Å². The molecule has 2 aromatic heterocycles. The number of nitrogens with zero attached hydrogens (tertiary/aromatic N) is 3. The van der Waals surface area contributed by atoms with Crippen LogP contribution in [-0.4, -0.2) is 20.9 Å². The van der Waals surface area contributed by atoms with Crippen molar-refractivity contribution in [3.05, 3.63) is 78.6 Å². The summed E-state index contributed by atoms with van der Waals surface area (Å²) in [5.74, 6) is 1.75. The van der Waals surface area contributed by atoms with Crippen LogP contribution in [0, 0.1) is 5.92 Å². The van der Waals surface area contributed by atoms with Crippen LogP contribution in [-0.2, 0) is 11.3 Å². The molecule has 0 aliphatic rings. The number of benzene rings is 2. The van der Waals surface area contributed by atoms with Gasteiger partial charge in [0, 0.05) is 42.0 Å². The lowest BCUT2D eigenvalue weighted by atomic mass is 10.1. The summed E-state index contributed by atoms with van der Waals surface area (Å²) >= 11 is 0. The van der Waals surface area contributed by atoms with E-state index in [-0.39, 0.29) is 5.91 Å². The molecule has 2 N–H and O–H groups in total. The van der Waals surface area contributed by atoms with Crippen LogP contribution < -0.4 is 10.6 Å². The van der Waals surface area contributed by atoms with E-state index in [0.29, 0.717) is 24.7 Å². The average molecular weight is 412 g/mol. The van der Waals surface area contributed by atoms with Crippen LogP contribution in [0.2, 0.25) is 0 Å². The second kappa shape index (κ2) is 9.34. The van der Waals surface area contributed by atoms with E-state index in [9.17, 15) is 4.79 Å². The summed E-state index contributed by atoms with van der Waals surface area (Å²) in [5, 5.41) is 7.37. The SMILES string of the molecule is CC(C)CC(=O)Nc1cccc(CNc2nc(-c3cccnc3)nc3ccccc23)c1. The predicted octanol–water partition coefficient (Wildman–Crippen LogP) is 5.29. The molecular formula is C25H25N5O. The fourth-order valence-corrected chi connectivity index (χ4v) is 3.36. The maximum absolute atomic E-state index is 12.1. The zero-order chi connectivity index (χ0) is 21.6. The van der Waals surface area contributed by atoms with Gasteiger partial charge in [-0.2, -0.15) is 0 Å². The Kier molecular flexibility index (Phi) is 6.17. The van der Waals surface area contributed by atoms with Crippen molar-refractivity contribution in [2.45, 2.75) is 26.8 Å². The Hall–Kier alpha value is -3.80. The Bertz CT molecular complexity index is 1190. The molecule has 0 saturated carbocycles. The van der Waals surface area contributed by atoms with Gasteiger partial charge in [0.1, 0.15) is 5.82 Å². The molecule has 31 heavy (non-hydrogen) atoms. The number of para-hydroxylation sites is 1. The molecule has 0 spiro atoms. The minimum absolute atomic E-state index is 0.0306. The Morgan fingerprint density at radius 1 is 1.00 bits per heavy atom. The number of hydrogen-bond acceptors (Lipinski definition) is 5. The van der Waals surface area contributed by atoms with Gasteiger partial charge in [-0.3, -0.25) is 9.78 Å². The topological polar surface area (TPSA) is 79.8 Å². The number of anilines is 2. The second-order valence-corrected chi connectivity index (χ2v) is 7.85. The molecule has 4 rings (SSSR count).